The predicted octanol–water partition coefficient (Wildman–Crippen LogP) is 11.3. The molecule has 2 saturated heterocycles. The highest BCUT2D eigenvalue weighted by Gasteiger charge is 2.27. The third-order valence-corrected chi connectivity index (χ3v) is 15.2. The van der Waals surface area contributed by atoms with E-state index in [9.17, 15) is 19.2 Å². The van der Waals surface area contributed by atoms with Gasteiger partial charge in [-0.15, -0.1) is 0 Å². The van der Waals surface area contributed by atoms with Gasteiger partial charge in [-0.3, -0.25) is 19.2 Å². The molecule has 2 aliphatic carbocycles. The molecule has 2 heterocycles. The highest BCUT2D eigenvalue weighted by Crippen LogP contribution is 2.49. The second-order valence-electron chi connectivity index (χ2n) is 20.0. The Bertz CT molecular complexity index is 3400. The molecule has 2 fully saturated rings. The van der Waals surface area contributed by atoms with Crippen molar-refractivity contribution in [2.24, 2.45) is 0 Å². The molecule has 74 heavy (non-hydrogen) atoms. The molecule has 4 N–H and O–H groups in total. The summed E-state index contributed by atoms with van der Waals surface area (Å²) in [6.45, 7) is 8.64. The molecule has 8 aromatic carbocycles. The van der Waals surface area contributed by atoms with Crippen LogP contribution in [0.25, 0.3) is 66.1 Å². The van der Waals surface area contributed by atoms with Crippen molar-refractivity contribution in [1.82, 2.24) is 31.1 Å². The zero-order valence-electron chi connectivity index (χ0n) is 41.9. The van der Waals surface area contributed by atoms with E-state index in [0.717, 1.165) is 116 Å². The Labute approximate surface area is 433 Å². The van der Waals surface area contributed by atoms with Crippen LogP contribution in [0.1, 0.15) is 91.1 Å². The maximum atomic E-state index is 13.2. The lowest BCUT2D eigenvalue weighted by atomic mass is 9.98. The summed E-state index contributed by atoms with van der Waals surface area (Å²) in [6.07, 6.45) is 7.66. The van der Waals surface area contributed by atoms with Crippen LogP contribution in [-0.4, -0.2) is 85.8 Å². The zero-order valence-corrected chi connectivity index (χ0v) is 41.9. The number of piperidine rings is 2. The van der Waals surface area contributed by atoms with Gasteiger partial charge in [0.25, 0.3) is 23.6 Å². The van der Waals surface area contributed by atoms with Crippen LogP contribution in [0.4, 0.5) is 0 Å². The number of nitrogens with one attached hydrogen (secondary N) is 4. The number of rotatable bonds is 14. The number of fused-ring (bicyclic) bond motifs is 6. The van der Waals surface area contributed by atoms with Crippen molar-refractivity contribution in [3.05, 3.63) is 191 Å². The SMILES string of the molecule is O=C(NCCN1CCCCC1)c1ccc2c(c1)-c1ccc(C(=O)NCCN3CCCCC3)c3cccc-2c13.O=C(NCc1ccccc1)c1ccc2c(c1)-c1ccc(C(=O)NCc3ccccc3)c3cccc-2c13. The van der Waals surface area contributed by atoms with Gasteiger partial charge in [0.05, 0.1) is 0 Å². The molecule has 10 heteroatoms. The number of amides is 4. The minimum atomic E-state index is -0.106. The molecule has 0 atom stereocenters. The lowest BCUT2D eigenvalue weighted by Crippen LogP contribution is -2.37. The fourth-order valence-corrected chi connectivity index (χ4v) is 11.4. The Balaban J connectivity index is 0.000000159. The average Bonchev–Trinajstić information content (AvgIpc) is 3.96. The smallest absolute Gasteiger partial charge is 0.252 e. The third kappa shape index (κ3) is 10.2. The number of hydrogen-bond acceptors (Lipinski definition) is 6. The van der Waals surface area contributed by atoms with Crippen molar-refractivity contribution < 1.29 is 19.2 Å². The quantitative estimate of drug-likeness (QED) is 0.0861. The largest absolute Gasteiger partial charge is 0.351 e. The lowest BCUT2D eigenvalue weighted by molar-refractivity contribution is 0.0939. The van der Waals surface area contributed by atoms with Crippen LogP contribution in [0.2, 0.25) is 0 Å². The second-order valence-corrected chi connectivity index (χ2v) is 20.0. The summed E-state index contributed by atoms with van der Waals surface area (Å²) in [6, 6.07) is 51.7. The Kier molecular flexibility index (Phi) is 14.4. The van der Waals surface area contributed by atoms with E-state index in [0.29, 0.717) is 48.4 Å². The number of hydrogen-bond donors (Lipinski definition) is 4. The van der Waals surface area contributed by atoms with E-state index in [1.54, 1.807) is 0 Å². The molecule has 0 bridgehead atoms. The van der Waals surface area contributed by atoms with Crippen molar-refractivity contribution in [2.75, 3.05) is 52.4 Å². The molecule has 0 saturated carbocycles. The van der Waals surface area contributed by atoms with Gasteiger partial charge in [-0.2, -0.15) is 0 Å². The third-order valence-electron chi connectivity index (χ3n) is 15.2. The van der Waals surface area contributed by atoms with Crippen LogP contribution in [0.15, 0.2) is 158 Å². The minimum absolute atomic E-state index is 0.0181. The molecule has 4 amide bonds. The summed E-state index contributed by atoms with van der Waals surface area (Å²) in [4.78, 5) is 57.1. The molecular weight excluding hydrogens is 917 g/mol. The van der Waals surface area contributed by atoms with Gasteiger partial charge in [-0.1, -0.05) is 134 Å². The molecule has 0 aromatic heterocycles. The van der Waals surface area contributed by atoms with E-state index in [4.69, 9.17) is 0 Å². The summed E-state index contributed by atoms with van der Waals surface area (Å²) in [5.74, 6) is -0.248. The molecule has 0 unspecified atom stereocenters. The van der Waals surface area contributed by atoms with Crippen LogP contribution < -0.4 is 21.3 Å². The predicted molar refractivity (Wildman–Crippen MR) is 297 cm³/mol. The number of benzene rings is 8. The van der Waals surface area contributed by atoms with Crippen molar-refractivity contribution in [3.63, 3.8) is 0 Å². The minimum Gasteiger partial charge on any atom is -0.351 e. The molecular formula is C64H62N6O4. The van der Waals surface area contributed by atoms with Gasteiger partial charge in [0.15, 0.2) is 0 Å². The van der Waals surface area contributed by atoms with E-state index in [2.05, 4.69) is 55.3 Å². The molecule has 8 aromatic rings. The first-order chi connectivity index (χ1) is 36.4. The summed E-state index contributed by atoms with van der Waals surface area (Å²) in [7, 11) is 0. The summed E-state index contributed by atoms with van der Waals surface area (Å²) in [5.41, 5.74) is 13.4. The molecule has 10 nitrogen and oxygen atoms in total. The van der Waals surface area contributed by atoms with Gasteiger partial charge in [-0.05, 0) is 165 Å². The van der Waals surface area contributed by atoms with Crippen molar-refractivity contribution in [2.45, 2.75) is 51.6 Å². The monoisotopic (exact) mass is 978 g/mol. The van der Waals surface area contributed by atoms with Gasteiger partial charge in [0.2, 0.25) is 0 Å². The first-order valence-corrected chi connectivity index (χ1v) is 26.4. The standard InChI is InChI=1S/C32H38N4O2.C32H24N2O2/c37-31(33-14-20-35-16-3-1-4-17-35)23-10-11-24-25-8-7-9-26-28(13-12-27(30(25)26)29(24)22-23)32(38)34-15-21-36-18-5-2-6-19-36;35-31(33-19-21-8-3-1-4-9-21)23-14-15-24-25-12-7-13-26-28(17-16-27(30(25)26)29(24)18-23)32(36)34-20-22-10-5-2-6-11-22/h7-13,22H,1-6,14-21H2,(H,33,37)(H,34,38);1-18H,19-20H2,(H,33,35)(H,34,36). The maximum absolute atomic E-state index is 13.2. The number of nitrogens with zero attached hydrogens (tertiary/aromatic N) is 2. The van der Waals surface area contributed by atoms with Crippen LogP contribution in [0.3, 0.4) is 0 Å². The highest BCUT2D eigenvalue weighted by atomic mass is 16.2. The Morgan fingerprint density at radius 3 is 1.22 bits per heavy atom. The molecule has 0 spiro atoms. The molecule has 372 valence electrons. The van der Waals surface area contributed by atoms with Gasteiger partial charge in [0, 0.05) is 61.5 Å². The number of carbonyl (C=O) groups excluding carboxylic acids is 4. The van der Waals surface area contributed by atoms with E-state index >= 15 is 0 Å². The van der Waals surface area contributed by atoms with E-state index in [1.807, 2.05) is 133 Å². The highest BCUT2D eigenvalue weighted by molar-refractivity contribution is 6.22. The normalized spacial score (nSPS) is 14.4. The zero-order chi connectivity index (χ0) is 50.4. The van der Waals surface area contributed by atoms with Crippen LogP contribution in [0.5, 0.6) is 0 Å². The van der Waals surface area contributed by atoms with Crippen LogP contribution in [0, 0.1) is 0 Å². The average molecular weight is 979 g/mol. The van der Waals surface area contributed by atoms with E-state index < -0.39 is 0 Å². The second kappa shape index (κ2) is 22.1. The van der Waals surface area contributed by atoms with E-state index in [-0.39, 0.29) is 23.6 Å². The summed E-state index contributed by atoms with van der Waals surface area (Å²) < 4.78 is 0. The van der Waals surface area contributed by atoms with E-state index in [1.165, 1.54) is 38.5 Å². The van der Waals surface area contributed by atoms with Crippen LogP contribution >= 0.6 is 0 Å². The first kappa shape index (κ1) is 48.4. The summed E-state index contributed by atoms with van der Waals surface area (Å²) in [5, 5.41) is 16.4. The fourth-order valence-electron chi connectivity index (χ4n) is 11.4. The Morgan fingerprint density at radius 1 is 0.351 bits per heavy atom. The van der Waals surface area contributed by atoms with Crippen molar-refractivity contribution >= 4 is 45.2 Å². The van der Waals surface area contributed by atoms with Gasteiger partial charge < -0.3 is 31.1 Å². The van der Waals surface area contributed by atoms with Gasteiger partial charge >= 0.3 is 0 Å². The fraction of sp³-hybridized carbons (Fsp3) is 0.250. The Hall–Kier alpha value is -7.92. The van der Waals surface area contributed by atoms with Gasteiger partial charge in [-0.25, -0.2) is 0 Å². The van der Waals surface area contributed by atoms with Crippen LogP contribution in [-0.2, 0) is 13.1 Å². The molecule has 0 radical (unpaired) electrons. The van der Waals surface area contributed by atoms with Crippen molar-refractivity contribution in [3.8, 4) is 44.5 Å². The lowest BCUT2D eigenvalue weighted by Gasteiger charge is -2.26. The summed E-state index contributed by atoms with van der Waals surface area (Å²) >= 11 is 0. The first-order valence-electron chi connectivity index (χ1n) is 26.4. The van der Waals surface area contributed by atoms with Crippen molar-refractivity contribution in [1.29, 1.82) is 0 Å². The molecule has 12 rings (SSSR count). The molecule has 2 aliphatic heterocycles. The topological polar surface area (TPSA) is 123 Å². The molecule has 4 aliphatic rings. The van der Waals surface area contributed by atoms with Gasteiger partial charge in [0.1, 0.15) is 0 Å². The number of likely N-dealkylation sites (tertiary alicyclic amines) is 2. The maximum Gasteiger partial charge on any atom is 0.252 e. The Morgan fingerprint density at radius 2 is 0.743 bits per heavy atom. The number of carbonyl (C=O) groups is 4.